The molecule has 1 atom stereocenters. The molecule has 0 radical (unpaired) electrons. The zero-order chi connectivity index (χ0) is 25.0. The van der Waals surface area contributed by atoms with Crippen LogP contribution < -0.4 is 5.73 Å². The summed E-state index contributed by atoms with van der Waals surface area (Å²) in [6.45, 7) is 4.29. The molecule has 1 aliphatic heterocycles. The number of likely N-dealkylation sites (tertiary alicyclic amines) is 1. The van der Waals surface area contributed by atoms with Crippen molar-refractivity contribution < 1.29 is 4.79 Å². The summed E-state index contributed by atoms with van der Waals surface area (Å²) < 4.78 is 2.96. The predicted molar refractivity (Wildman–Crippen MR) is 142 cm³/mol. The van der Waals surface area contributed by atoms with Crippen molar-refractivity contribution in [3.05, 3.63) is 58.9 Å². The molecule has 1 amide bonds. The number of carbonyl (C=O) groups is 1. The van der Waals surface area contributed by atoms with Crippen LogP contribution in [0.2, 0.25) is 0 Å². The molecule has 0 spiro atoms. The smallest absolute Gasteiger partial charge is 0.254 e. The summed E-state index contributed by atoms with van der Waals surface area (Å²) in [7, 11) is 4.02. The largest absolute Gasteiger partial charge is 0.381 e. The topological polar surface area (TPSA) is 106 Å². The van der Waals surface area contributed by atoms with Crippen LogP contribution in [0.15, 0.2) is 42.7 Å². The van der Waals surface area contributed by atoms with Crippen LogP contribution in [0, 0.1) is 0 Å². The van der Waals surface area contributed by atoms with E-state index in [9.17, 15) is 4.79 Å². The molecule has 1 fully saturated rings. The molecule has 5 aromatic rings. The summed E-state index contributed by atoms with van der Waals surface area (Å²) in [6, 6.07) is 11.7. The van der Waals surface area contributed by atoms with E-state index in [0.717, 1.165) is 42.5 Å². The van der Waals surface area contributed by atoms with Crippen molar-refractivity contribution in [2.45, 2.75) is 31.7 Å². The number of nitrogen functional groups attached to an aromatic ring is 1. The molecule has 0 aliphatic carbocycles. The van der Waals surface area contributed by atoms with E-state index in [-0.39, 0.29) is 11.9 Å². The van der Waals surface area contributed by atoms with E-state index in [0.29, 0.717) is 28.5 Å². The normalized spacial score (nSPS) is 16.2. The number of nitrogens with zero attached hydrogens (tertiary/aromatic N) is 7. The van der Waals surface area contributed by atoms with Crippen LogP contribution in [0.5, 0.6) is 0 Å². The molecule has 6 rings (SSSR count). The number of hydrogen-bond donors (Lipinski definition) is 1. The Kier molecular flexibility index (Phi) is 5.57. The molecule has 0 bridgehead atoms. The Hall–Kier alpha value is -3.63. The predicted octanol–water partition coefficient (Wildman–Crippen LogP) is 4.11. The monoisotopic (exact) mass is 500 g/mol. The lowest BCUT2D eigenvalue weighted by molar-refractivity contribution is 0.0743. The van der Waals surface area contributed by atoms with Crippen LogP contribution in [-0.4, -0.2) is 67.5 Å². The van der Waals surface area contributed by atoms with Crippen LogP contribution in [0.3, 0.4) is 0 Å². The zero-order valence-electron chi connectivity index (χ0n) is 20.5. The maximum Gasteiger partial charge on any atom is 0.254 e. The third-order valence-electron chi connectivity index (χ3n) is 7.38. The highest BCUT2D eigenvalue weighted by molar-refractivity contribution is 7.18. The zero-order valence-corrected chi connectivity index (χ0v) is 21.4. The summed E-state index contributed by atoms with van der Waals surface area (Å²) in [5, 5.41) is 9.20. The molecule has 1 unspecified atom stereocenters. The third kappa shape index (κ3) is 3.86. The Morgan fingerprint density at radius 2 is 1.94 bits per heavy atom. The fourth-order valence-electron chi connectivity index (χ4n) is 4.97. The SMILES string of the molecule is CC(c1ccc2sc(C3CCN(C)CC3)nc2c1)N(C)C(=O)c1ccc2nc(N)c3nncn3c2c1. The van der Waals surface area contributed by atoms with Gasteiger partial charge in [-0.2, -0.15) is 0 Å². The molecule has 184 valence electrons. The summed E-state index contributed by atoms with van der Waals surface area (Å²) in [5.41, 5.74) is 10.5. The number of fused-ring (bicyclic) bond motifs is 4. The number of benzene rings is 2. The average Bonchev–Trinajstić information content (AvgIpc) is 3.55. The Morgan fingerprint density at radius 1 is 1.14 bits per heavy atom. The van der Waals surface area contributed by atoms with Crippen LogP contribution in [0.1, 0.15) is 52.7 Å². The van der Waals surface area contributed by atoms with Gasteiger partial charge in [-0.3, -0.25) is 9.20 Å². The highest BCUT2D eigenvalue weighted by Gasteiger charge is 2.23. The summed E-state index contributed by atoms with van der Waals surface area (Å²) in [4.78, 5) is 27.0. The summed E-state index contributed by atoms with van der Waals surface area (Å²) >= 11 is 1.80. The lowest BCUT2D eigenvalue weighted by Gasteiger charge is -2.27. The van der Waals surface area contributed by atoms with Crippen molar-refractivity contribution in [1.29, 1.82) is 0 Å². The Morgan fingerprint density at radius 3 is 2.75 bits per heavy atom. The maximum atomic E-state index is 13.5. The second-order valence-electron chi connectivity index (χ2n) is 9.67. The van der Waals surface area contributed by atoms with Gasteiger partial charge >= 0.3 is 0 Å². The lowest BCUT2D eigenvalue weighted by atomic mass is 9.98. The van der Waals surface area contributed by atoms with Gasteiger partial charge < -0.3 is 15.5 Å². The van der Waals surface area contributed by atoms with Gasteiger partial charge in [-0.05, 0) is 75.8 Å². The molecule has 1 aliphatic rings. The van der Waals surface area contributed by atoms with E-state index in [1.807, 2.05) is 26.1 Å². The number of aromatic nitrogens is 5. The molecule has 10 heteroatoms. The number of carbonyl (C=O) groups excluding carboxylic acids is 1. The molecule has 0 saturated carbocycles. The van der Waals surface area contributed by atoms with Crippen molar-refractivity contribution in [3.63, 3.8) is 0 Å². The standard InChI is InChI=1S/C26H28N8OS/c1-15(17-5-7-22-20(12-17)30-25(36-22)16-8-10-32(2)11-9-16)33(3)26(35)18-4-6-19-21(13-18)34-14-28-31-24(34)23(27)29-19/h4-7,12-16H,8-11H2,1-3H3,(H2,27,29). The van der Waals surface area contributed by atoms with E-state index in [4.69, 9.17) is 10.7 Å². The van der Waals surface area contributed by atoms with Gasteiger partial charge in [0.2, 0.25) is 5.65 Å². The quantitative estimate of drug-likeness (QED) is 0.396. The highest BCUT2D eigenvalue weighted by Crippen LogP contribution is 2.35. The molecule has 36 heavy (non-hydrogen) atoms. The third-order valence-corrected chi connectivity index (χ3v) is 8.58. The minimum absolute atomic E-state index is 0.0761. The number of amides is 1. The van der Waals surface area contributed by atoms with Crippen molar-refractivity contribution in [2.75, 3.05) is 32.9 Å². The maximum absolute atomic E-state index is 13.5. The van der Waals surface area contributed by atoms with E-state index >= 15 is 0 Å². The van der Waals surface area contributed by atoms with Gasteiger partial charge in [-0.15, -0.1) is 21.5 Å². The first kappa shape index (κ1) is 22.8. The van der Waals surface area contributed by atoms with E-state index in [2.05, 4.69) is 45.3 Å². The number of rotatable bonds is 4. The molecule has 4 heterocycles. The van der Waals surface area contributed by atoms with Crippen LogP contribution >= 0.6 is 11.3 Å². The van der Waals surface area contributed by atoms with E-state index in [1.54, 1.807) is 33.0 Å². The van der Waals surface area contributed by atoms with Crippen molar-refractivity contribution in [2.24, 2.45) is 0 Å². The van der Waals surface area contributed by atoms with Gasteiger partial charge in [-0.1, -0.05) is 6.07 Å². The van der Waals surface area contributed by atoms with Gasteiger partial charge in [0.1, 0.15) is 6.33 Å². The minimum Gasteiger partial charge on any atom is -0.381 e. The second-order valence-corrected chi connectivity index (χ2v) is 10.7. The Balaban J connectivity index is 1.26. The number of piperidine rings is 1. The number of nitrogens with two attached hydrogens (primary N) is 1. The first-order valence-corrected chi connectivity index (χ1v) is 13.0. The van der Waals surface area contributed by atoms with Gasteiger partial charge in [0, 0.05) is 18.5 Å². The van der Waals surface area contributed by atoms with E-state index in [1.165, 1.54) is 9.71 Å². The number of anilines is 1. The van der Waals surface area contributed by atoms with Crippen LogP contribution in [-0.2, 0) is 0 Å². The summed E-state index contributed by atoms with van der Waals surface area (Å²) in [6.07, 6.45) is 3.90. The summed E-state index contributed by atoms with van der Waals surface area (Å²) in [5.74, 6) is 0.771. The minimum atomic E-state index is -0.120. The molecule has 2 N–H and O–H groups in total. The van der Waals surface area contributed by atoms with Gasteiger partial charge in [0.15, 0.2) is 5.82 Å². The van der Waals surface area contributed by atoms with Gasteiger partial charge in [0.25, 0.3) is 5.91 Å². The molecular weight excluding hydrogens is 472 g/mol. The highest BCUT2D eigenvalue weighted by atomic mass is 32.1. The molecular formula is C26H28N8OS. The fourth-order valence-corrected chi connectivity index (χ4v) is 6.08. The first-order chi connectivity index (χ1) is 17.4. The molecule has 9 nitrogen and oxygen atoms in total. The lowest BCUT2D eigenvalue weighted by Crippen LogP contribution is -2.29. The number of thiazole rings is 1. The molecule has 1 saturated heterocycles. The van der Waals surface area contributed by atoms with Crippen LogP contribution in [0.4, 0.5) is 5.82 Å². The van der Waals surface area contributed by atoms with Gasteiger partial charge in [0.05, 0.1) is 32.3 Å². The van der Waals surface area contributed by atoms with E-state index < -0.39 is 0 Å². The van der Waals surface area contributed by atoms with Crippen LogP contribution in [0.25, 0.3) is 26.9 Å². The number of hydrogen-bond acceptors (Lipinski definition) is 8. The van der Waals surface area contributed by atoms with Crippen molar-refractivity contribution in [3.8, 4) is 0 Å². The van der Waals surface area contributed by atoms with Crippen molar-refractivity contribution >= 4 is 50.0 Å². The second kappa shape index (κ2) is 8.79. The molecule has 3 aromatic heterocycles. The van der Waals surface area contributed by atoms with Gasteiger partial charge in [-0.25, -0.2) is 9.97 Å². The molecule has 2 aromatic carbocycles. The Labute approximate surface area is 212 Å². The fraction of sp³-hybridized carbons (Fsp3) is 0.346. The first-order valence-electron chi connectivity index (χ1n) is 12.1. The van der Waals surface area contributed by atoms with Crippen molar-refractivity contribution in [1.82, 2.24) is 34.4 Å². The Bertz CT molecular complexity index is 1600. The average molecular weight is 501 g/mol.